The molecule has 0 bridgehead atoms. The molecular weight excluding hydrogens is 318 g/mol. The second-order valence-electron chi connectivity index (χ2n) is 4.60. The lowest BCUT2D eigenvalue weighted by molar-refractivity contribution is -0.383. The van der Waals surface area contributed by atoms with E-state index in [2.05, 4.69) is 15.3 Å². The van der Waals surface area contributed by atoms with Crippen molar-refractivity contribution in [2.75, 3.05) is 11.1 Å². The number of para-hydroxylation sites is 2. The van der Waals surface area contributed by atoms with Crippen LogP contribution in [-0.4, -0.2) is 32.9 Å². The second kappa shape index (κ2) is 7.13. The first-order valence-corrected chi connectivity index (χ1v) is 6.72. The minimum absolute atomic E-state index is 0.00517. The molecule has 2 rings (SSSR count). The van der Waals surface area contributed by atoms with Gasteiger partial charge in [0.1, 0.15) is 5.69 Å². The van der Waals surface area contributed by atoms with Crippen LogP contribution in [0.25, 0.3) is 0 Å². The summed E-state index contributed by atoms with van der Waals surface area (Å²) in [5.74, 6) is -1.79. The zero-order valence-electron chi connectivity index (χ0n) is 12.5. The van der Waals surface area contributed by atoms with Crippen molar-refractivity contribution in [1.82, 2.24) is 9.97 Å². The summed E-state index contributed by atoms with van der Waals surface area (Å²) in [6.07, 6.45) is 1.33. The monoisotopic (exact) mass is 331 g/mol. The number of nitrogens with two attached hydrogens (primary N) is 1. The number of rotatable bonds is 5. The highest BCUT2D eigenvalue weighted by atomic mass is 16.6. The molecule has 0 aliphatic carbocycles. The molecule has 1 amide bonds. The van der Waals surface area contributed by atoms with Crippen LogP contribution in [0.5, 0.6) is 0 Å². The Hall–Kier alpha value is -3.56. The molecule has 1 aromatic heterocycles. The third-order valence-electron chi connectivity index (χ3n) is 2.93. The van der Waals surface area contributed by atoms with Gasteiger partial charge in [-0.3, -0.25) is 14.9 Å². The summed E-state index contributed by atoms with van der Waals surface area (Å²) in [6, 6.07) is 5.60. The number of carbonyl (C=O) groups is 2. The zero-order valence-corrected chi connectivity index (χ0v) is 12.5. The lowest BCUT2D eigenvalue weighted by Gasteiger charge is -2.13. The number of nitrogens with one attached hydrogen (secondary N) is 1. The van der Waals surface area contributed by atoms with Gasteiger partial charge in [0.05, 0.1) is 4.92 Å². The minimum Gasteiger partial charge on any atom is -0.448 e. The number of amides is 1. The first-order valence-electron chi connectivity index (χ1n) is 6.72. The third-order valence-corrected chi connectivity index (χ3v) is 2.93. The van der Waals surface area contributed by atoms with Crippen LogP contribution in [0, 0.1) is 10.1 Å². The lowest BCUT2D eigenvalue weighted by Crippen LogP contribution is -2.30. The normalized spacial score (nSPS) is 11.4. The second-order valence-corrected chi connectivity index (χ2v) is 4.60. The van der Waals surface area contributed by atoms with Gasteiger partial charge in [0.25, 0.3) is 11.6 Å². The molecule has 0 radical (unpaired) electrons. The number of ether oxygens (including phenoxy) is 1. The summed E-state index contributed by atoms with van der Waals surface area (Å²) in [5, 5.41) is 13.3. The maximum Gasteiger partial charge on any atom is 0.361 e. The summed E-state index contributed by atoms with van der Waals surface area (Å²) in [5.41, 5.74) is 5.00. The Labute approximate surface area is 135 Å². The number of nitro groups is 1. The van der Waals surface area contributed by atoms with Gasteiger partial charge in [-0.05, 0) is 13.0 Å². The van der Waals surface area contributed by atoms with Gasteiger partial charge in [-0.25, -0.2) is 14.8 Å². The van der Waals surface area contributed by atoms with Crippen LogP contribution in [-0.2, 0) is 9.53 Å². The fourth-order valence-electron chi connectivity index (χ4n) is 1.75. The number of esters is 1. The minimum atomic E-state index is -1.22. The zero-order chi connectivity index (χ0) is 17.7. The molecule has 24 heavy (non-hydrogen) atoms. The Morgan fingerprint density at radius 1 is 1.29 bits per heavy atom. The van der Waals surface area contributed by atoms with Crippen molar-refractivity contribution in [2.24, 2.45) is 0 Å². The summed E-state index contributed by atoms with van der Waals surface area (Å²) < 4.78 is 4.95. The fraction of sp³-hybridized carbons (Fsp3) is 0.143. The number of hydrogen-bond acceptors (Lipinski definition) is 8. The molecule has 0 spiro atoms. The Kier molecular flexibility index (Phi) is 5.00. The number of aromatic nitrogens is 2. The third kappa shape index (κ3) is 3.80. The maximum atomic E-state index is 12.1. The van der Waals surface area contributed by atoms with E-state index in [1.807, 2.05) is 0 Å². The first kappa shape index (κ1) is 16.8. The van der Waals surface area contributed by atoms with E-state index in [0.717, 1.165) is 0 Å². The number of carbonyl (C=O) groups excluding carboxylic acids is 2. The predicted octanol–water partition coefficient (Wildman–Crippen LogP) is 1.15. The van der Waals surface area contributed by atoms with Crippen LogP contribution in [0.15, 0.2) is 36.7 Å². The number of nitrogen functional groups attached to an aromatic ring is 1. The van der Waals surface area contributed by atoms with E-state index >= 15 is 0 Å². The summed E-state index contributed by atoms with van der Waals surface area (Å²) in [6.45, 7) is 1.31. The van der Waals surface area contributed by atoms with Crippen LogP contribution in [0.4, 0.5) is 17.2 Å². The number of anilines is 2. The molecule has 2 aromatic rings. The van der Waals surface area contributed by atoms with Crippen LogP contribution in [0.2, 0.25) is 0 Å². The molecule has 10 nitrogen and oxygen atoms in total. The molecule has 10 heteroatoms. The van der Waals surface area contributed by atoms with Crippen LogP contribution in [0.1, 0.15) is 17.4 Å². The standard InChI is InChI=1S/C14H13N5O5/c1-8(24-14(21)11-12(15)17-7-6-16-11)13(20)18-9-4-2-3-5-10(9)19(22)23/h2-8H,1H3,(H2,15,17)(H,18,20)/t8-/m0/s1. The molecule has 0 aliphatic rings. The van der Waals surface area contributed by atoms with Crippen molar-refractivity contribution in [3.05, 3.63) is 52.5 Å². The van der Waals surface area contributed by atoms with Gasteiger partial charge in [-0.2, -0.15) is 0 Å². The predicted molar refractivity (Wildman–Crippen MR) is 83.0 cm³/mol. The van der Waals surface area contributed by atoms with E-state index < -0.39 is 22.9 Å². The van der Waals surface area contributed by atoms with E-state index in [-0.39, 0.29) is 22.9 Å². The largest absolute Gasteiger partial charge is 0.448 e. The average Bonchev–Trinajstić information content (AvgIpc) is 2.55. The molecular formula is C14H13N5O5. The Morgan fingerprint density at radius 3 is 2.62 bits per heavy atom. The lowest BCUT2D eigenvalue weighted by atomic mass is 10.2. The summed E-state index contributed by atoms with van der Waals surface area (Å²) >= 11 is 0. The molecule has 124 valence electrons. The maximum absolute atomic E-state index is 12.1. The van der Waals surface area contributed by atoms with Crippen molar-refractivity contribution in [2.45, 2.75) is 13.0 Å². The number of nitrogens with zero attached hydrogens (tertiary/aromatic N) is 3. The van der Waals surface area contributed by atoms with Crippen LogP contribution >= 0.6 is 0 Å². The van der Waals surface area contributed by atoms with Crippen LogP contribution < -0.4 is 11.1 Å². The highest BCUT2D eigenvalue weighted by Gasteiger charge is 2.23. The average molecular weight is 331 g/mol. The Morgan fingerprint density at radius 2 is 1.96 bits per heavy atom. The van der Waals surface area contributed by atoms with Gasteiger partial charge in [0.15, 0.2) is 17.6 Å². The van der Waals surface area contributed by atoms with Gasteiger partial charge < -0.3 is 15.8 Å². The molecule has 3 N–H and O–H groups in total. The molecule has 0 aliphatic heterocycles. The molecule has 1 heterocycles. The van der Waals surface area contributed by atoms with Gasteiger partial charge in [-0.1, -0.05) is 12.1 Å². The SMILES string of the molecule is C[C@H](OC(=O)c1nccnc1N)C(=O)Nc1ccccc1[N+](=O)[O-]. The number of benzene rings is 1. The molecule has 0 fully saturated rings. The van der Waals surface area contributed by atoms with Gasteiger partial charge in [0.2, 0.25) is 0 Å². The topological polar surface area (TPSA) is 150 Å². The molecule has 1 aromatic carbocycles. The number of hydrogen-bond donors (Lipinski definition) is 2. The van der Waals surface area contributed by atoms with Crippen LogP contribution in [0.3, 0.4) is 0 Å². The van der Waals surface area contributed by atoms with Gasteiger partial charge in [-0.15, -0.1) is 0 Å². The van der Waals surface area contributed by atoms with Crippen molar-refractivity contribution >= 4 is 29.1 Å². The van der Waals surface area contributed by atoms with E-state index in [1.165, 1.54) is 43.6 Å². The van der Waals surface area contributed by atoms with E-state index in [1.54, 1.807) is 0 Å². The molecule has 1 atom stereocenters. The highest BCUT2D eigenvalue weighted by molar-refractivity contribution is 5.99. The molecule has 0 saturated carbocycles. The van der Waals surface area contributed by atoms with Crippen molar-refractivity contribution in [1.29, 1.82) is 0 Å². The van der Waals surface area contributed by atoms with E-state index in [4.69, 9.17) is 10.5 Å². The molecule has 0 saturated heterocycles. The highest BCUT2D eigenvalue weighted by Crippen LogP contribution is 2.23. The first-order chi connectivity index (χ1) is 11.4. The van der Waals surface area contributed by atoms with E-state index in [9.17, 15) is 19.7 Å². The summed E-state index contributed by atoms with van der Waals surface area (Å²) in [7, 11) is 0. The van der Waals surface area contributed by atoms with Crippen molar-refractivity contribution in [3.63, 3.8) is 0 Å². The van der Waals surface area contributed by atoms with Crippen molar-refractivity contribution in [3.8, 4) is 0 Å². The smallest absolute Gasteiger partial charge is 0.361 e. The molecule has 0 unspecified atom stereocenters. The van der Waals surface area contributed by atoms with E-state index in [0.29, 0.717) is 0 Å². The fourth-order valence-corrected chi connectivity index (χ4v) is 1.75. The number of nitro benzene ring substituents is 1. The quantitative estimate of drug-likeness (QED) is 0.470. The van der Waals surface area contributed by atoms with Gasteiger partial charge >= 0.3 is 5.97 Å². The summed E-state index contributed by atoms with van der Waals surface area (Å²) in [4.78, 5) is 41.7. The Bertz CT molecular complexity index is 795. The van der Waals surface area contributed by atoms with Gasteiger partial charge in [0, 0.05) is 18.5 Å². The van der Waals surface area contributed by atoms with Crippen molar-refractivity contribution < 1.29 is 19.2 Å². The Balaban J connectivity index is 2.07.